The van der Waals surface area contributed by atoms with Gasteiger partial charge in [0.25, 0.3) is 11.7 Å². The minimum atomic E-state index is -0.825. The SMILES string of the molecule is CCCOc1ccc(/C(O)=C2/C(=O)C(=O)N(c3ccc(NC(C)=O)cc3)C2c2ccccc2)cc1C. The normalized spacial score (nSPS) is 16.8. The average Bonchev–Trinajstić information content (AvgIpc) is 3.14. The van der Waals surface area contributed by atoms with Crippen LogP contribution in [-0.2, 0) is 14.4 Å². The number of amides is 2. The van der Waals surface area contributed by atoms with Gasteiger partial charge < -0.3 is 15.2 Å². The molecule has 4 rings (SSSR count). The number of aliphatic hydroxyl groups is 1. The van der Waals surface area contributed by atoms with E-state index < -0.39 is 17.7 Å². The first-order valence-electron chi connectivity index (χ1n) is 11.8. The predicted octanol–water partition coefficient (Wildman–Crippen LogP) is 5.37. The summed E-state index contributed by atoms with van der Waals surface area (Å²) in [5.41, 5.74) is 2.98. The molecule has 3 aromatic rings. The second-order valence-corrected chi connectivity index (χ2v) is 8.64. The van der Waals surface area contributed by atoms with E-state index in [-0.39, 0.29) is 17.2 Å². The minimum Gasteiger partial charge on any atom is -0.507 e. The first-order chi connectivity index (χ1) is 17.3. The van der Waals surface area contributed by atoms with E-state index in [0.29, 0.717) is 34.9 Å². The molecular formula is C29H28N2O5. The van der Waals surface area contributed by atoms with E-state index in [1.54, 1.807) is 42.5 Å². The number of aryl methyl sites for hydroxylation is 1. The van der Waals surface area contributed by atoms with Crippen molar-refractivity contribution in [2.75, 3.05) is 16.8 Å². The molecule has 1 aliphatic heterocycles. The van der Waals surface area contributed by atoms with Crippen LogP contribution in [0.2, 0.25) is 0 Å². The van der Waals surface area contributed by atoms with Crippen LogP contribution in [0.25, 0.3) is 5.76 Å². The van der Waals surface area contributed by atoms with Crippen LogP contribution in [0.15, 0.2) is 78.4 Å². The molecule has 3 aromatic carbocycles. The molecule has 1 aliphatic rings. The molecule has 7 heteroatoms. The fraction of sp³-hybridized carbons (Fsp3) is 0.207. The molecule has 1 fully saturated rings. The summed E-state index contributed by atoms with van der Waals surface area (Å²) < 4.78 is 5.73. The fourth-order valence-electron chi connectivity index (χ4n) is 4.28. The second-order valence-electron chi connectivity index (χ2n) is 8.64. The van der Waals surface area contributed by atoms with Crippen molar-refractivity contribution in [2.45, 2.75) is 33.2 Å². The monoisotopic (exact) mass is 484 g/mol. The molecule has 0 radical (unpaired) electrons. The van der Waals surface area contributed by atoms with Crippen molar-refractivity contribution in [3.8, 4) is 5.75 Å². The number of Topliss-reactive ketones (excluding diaryl/α,β-unsaturated/α-hetero) is 1. The number of hydrogen-bond donors (Lipinski definition) is 2. The second kappa shape index (κ2) is 10.5. The summed E-state index contributed by atoms with van der Waals surface area (Å²) in [6.07, 6.45) is 0.869. The summed E-state index contributed by atoms with van der Waals surface area (Å²) in [4.78, 5) is 39.3. The summed E-state index contributed by atoms with van der Waals surface area (Å²) in [5, 5.41) is 14.0. The average molecular weight is 485 g/mol. The van der Waals surface area contributed by atoms with Gasteiger partial charge in [-0.05, 0) is 66.9 Å². The Hall–Kier alpha value is -4.39. The molecule has 1 heterocycles. The van der Waals surface area contributed by atoms with Crippen LogP contribution in [-0.4, -0.2) is 29.3 Å². The summed E-state index contributed by atoms with van der Waals surface area (Å²) in [5.74, 6) is -1.26. The van der Waals surface area contributed by atoms with Crippen LogP contribution >= 0.6 is 0 Å². The highest BCUT2D eigenvalue weighted by atomic mass is 16.5. The van der Waals surface area contributed by atoms with Gasteiger partial charge in [0.15, 0.2) is 0 Å². The van der Waals surface area contributed by atoms with Gasteiger partial charge in [-0.3, -0.25) is 19.3 Å². The number of carbonyl (C=O) groups excluding carboxylic acids is 3. The van der Waals surface area contributed by atoms with Crippen molar-refractivity contribution in [1.82, 2.24) is 0 Å². The highest BCUT2D eigenvalue weighted by molar-refractivity contribution is 6.51. The topological polar surface area (TPSA) is 95.9 Å². The third-order valence-electron chi connectivity index (χ3n) is 5.94. The maximum absolute atomic E-state index is 13.3. The van der Waals surface area contributed by atoms with E-state index in [1.807, 2.05) is 44.2 Å². The Morgan fingerprint density at radius 3 is 2.33 bits per heavy atom. The smallest absolute Gasteiger partial charge is 0.300 e. The zero-order valence-electron chi connectivity index (χ0n) is 20.4. The number of aliphatic hydroxyl groups excluding tert-OH is 1. The van der Waals surface area contributed by atoms with Crippen LogP contribution in [0.4, 0.5) is 11.4 Å². The number of rotatable bonds is 7. The Morgan fingerprint density at radius 1 is 1.03 bits per heavy atom. The fourth-order valence-corrected chi connectivity index (χ4v) is 4.28. The lowest BCUT2D eigenvalue weighted by molar-refractivity contribution is -0.132. The summed E-state index contributed by atoms with van der Waals surface area (Å²) in [6, 6.07) is 20.1. The van der Waals surface area contributed by atoms with E-state index >= 15 is 0 Å². The van der Waals surface area contributed by atoms with Crippen LogP contribution in [0.1, 0.15) is 43.0 Å². The van der Waals surface area contributed by atoms with Crippen LogP contribution in [0, 0.1) is 6.92 Å². The molecular weight excluding hydrogens is 456 g/mol. The number of ketones is 1. The molecule has 0 bridgehead atoms. The van der Waals surface area contributed by atoms with Gasteiger partial charge in [0.1, 0.15) is 11.5 Å². The van der Waals surface area contributed by atoms with Crippen molar-refractivity contribution in [2.24, 2.45) is 0 Å². The van der Waals surface area contributed by atoms with Gasteiger partial charge >= 0.3 is 0 Å². The van der Waals surface area contributed by atoms with Crippen molar-refractivity contribution in [3.63, 3.8) is 0 Å². The van der Waals surface area contributed by atoms with E-state index in [0.717, 1.165) is 12.0 Å². The van der Waals surface area contributed by atoms with E-state index in [1.165, 1.54) is 11.8 Å². The minimum absolute atomic E-state index is 0.0127. The number of hydrogen-bond acceptors (Lipinski definition) is 5. The van der Waals surface area contributed by atoms with Gasteiger partial charge in [0.2, 0.25) is 5.91 Å². The van der Waals surface area contributed by atoms with Gasteiger partial charge in [-0.25, -0.2) is 0 Å². The molecule has 1 atom stereocenters. The van der Waals surface area contributed by atoms with Gasteiger partial charge in [-0.1, -0.05) is 37.3 Å². The standard InChI is InChI=1S/C29H28N2O5/c1-4-16-36-24-15-10-21(17-18(24)2)27(33)25-26(20-8-6-5-7-9-20)31(29(35)28(25)34)23-13-11-22(12-14-23)30-19(3)32/h5-15,17,26,33H,4,16H2,1-3H3,(H,30,32)/b27-25-. The lowest BCUT2D eigenvalue weighted by Crippen LogP contribution is -2.29. The Kier molecular flexibility index (Phi) is 7.20. The molecule has 0 aliphatic carbocycles. The van der Waals surface area contributed by atoms with Gasteiger partial charge in [0, 0.05) is 23.9 Å². The summed E-state index contributed by atoms with van der Waals surface area (Å²) in [6.45, 7) is 5.87. The maximum atomic E-state index is 13.3. The van der Waals surface area contributed by atoms with Crippen LogP contribution in [0.5, 0.6) is 5.75 Å². The zero-order valence-corrected chi connectivity index (χ0v) is 20.4. The number of ether oxygens (including phenoxy) is 1. The molecule has 1 unspecified atom stereocenters. The first-order valence-corrected chi connectivity index (χ1v) is 11.8. The Labute approximate surface area is 210 Å². The lowest BCUT2D eigenvalue weighted by Gasteiger charge is -2.25. The van der Waals surface area contributed by atoms with E-state index in [4.69, 9.17) is 4.74 Å². The highest BCUT2D eigenvalue weighted by Crippen LogP contribution is 2.42. The van der Waals surface area contributed by atoms with Crippen molar-refractivity contribution in [1.29, 1.82) is 0 Å². The van der Waals surface area contributed by atoms with Gasteiger partial charge in [-0.2, -0.15) is 0 Å². The Bertz CT molecular complexity index is 1330. The molecule has 0 aromatic heterocycles. The lowest BCUT2D eigenvalue weighted by atomic mass is 9.94. The molecule has 184 valence electrons. The molecule has 0 spiro atoms. The van der Waals surface area contributed by atoms with Crippen LogP contribution < -0.4 is 15.0 Å². The molecule has 1 saturated heterocycles. The quantitative estimate of drug-likeness (QED) is 0.267. The number of nitrogens with one attached hydrogen (secondary N) is 1. The summed E-state index contributed by atoms with van der Waals surface area (Å²) in [7, 11) is 0. The third-order valence-corrected chi connectivity index (χ3v) is 5.94. The van der Waals surface area contributed by atoms with Crippen molar-refractivity contribution < 1.29 is 24.2 Å². The van der Waals surface area contributed by atoms with E-state index in [9.17, 15) is 19.5 Å². The number of carbonyl (C=O) groups is 3. The first kappa shape index (κ1) is 24.7. The highest BCUT2D eigenvalue weighted by Gasteiger charge is 2.46. The van der Waals surface area contributed by atoms with E-state index in [2.05, 4.69) is 5.32 Å². The largest absolute Gasteiger partial charge is 0.507 e. The molecule has 36 heavy (non-hydrogen) atoms. The molecule has 7 nitrogen and oxygen atoms in total. The third kappa shape index (κ3) is 4.86. The predicted molar refractivity (Wildman–Crippen MR) is 139 cm³/mol. The zero-order chi connectivity index (χ0) is 25.8. The Balaban J connectivity index is 1.81. The maximum Gasteiger partial charge on any atom is 0.300 e. The van der Waals surface area contributed by atoms with Crippen molar-refractivity contribution in [3.05, 3.63) is 95.1 Å². The number of benzene rings is 3. The number of anilines is 2. The molecule has 2 amide bonds. The number of nitrogens with zero attached hydrogens (tertiary/aromatic N) is 1. The summed E-state index contributed by atoms with van der Waals surface area (Å²) >= 11 is 0. The van der Waals surface area contributed by atoms with Gasteiger partial charge in [0.05, 0.1) is 18.2 Å². The Morgan fingerprint density at radius 2 is 1.72 bits per heavy atom. The van der Waals surface area contributed by atoms with Crippen molar-refractivity contribution >= 4 is 34.7 Å². The molecule has 2 N–H and O–H groups in total. The van der Waals surface area contributed by atoms with Gasteiger partial charge in [-0.15, -0.1) is 0 Å². The van der Waals surface area contributed by atoms with Crippen LogP contribution in [0.3, 0.4) is 0 Å². The molecule has 0 saturated carbocycles.